The SMILES string of the molecule is CC1(C)CON(Cc2ccc(N3C(=O)[C@@H]4[C@@H](C3=O)[C@H]3C=C[C@H]4C3)cc2Cl)C1=O. The van der Waals surface area contributed by atoms with Crippen LogP contribution in [0.5, 0.6) is 0 Å². The Kier molecular flexibility index (Phi) is 3.77. The van der Waals surface area contributed by atoms with Crippen molar-refractivity contribution in [3.63, 3.8) is 0 Å². The molecule has 3 fully saturated rings. The highest BCUT2D eigenvalue weighted by atomic mass is 35.5. The van der Waals surface area contributed by atoms with Crippen LogP contribution >= 0.6 is 11.6 Å². The molecule has 3 amide bonds. The van der Waals surface area contributed by atoms with Gasteiger partial charge in [-0.25, -0.2) is 9.96 Å². The Hall–Kier alpha value is -2.18. The van der Waals surface area contributed by atoms with Crippen molar-refractivity contribution in [2.24, 2.45) is 29.1 Å². The number of nitrogens with zero attached hydrogens (tertiary/aromatic N) is 2. The Morgan fingerprint density at radius 2 is 1.75 bits per heavy atom. The number of allylic oxidation sites excluding steroid dienone is 2. The van der Waals surface area contributed by atoms with Crippen LogP contribution in [0.25, 0.3) is 0 Å². The van der Waals surface area contributed by atoms with Crippen molar-refractivity contribution in [1.82, 2.24) is 5.06 Å². The highest BCUT2D eigenvalue weighted by Gasteiger charge is 2.59. The molecule has 0 unspecified atom stereocenters. The second-order valence-corrected chi connectivity index (χ2v) is 9.19. The molecule has 28 heavy (non-hydrogen) atoms. The molecule has 4 aliphatic rings. The number of anilines is 1. The average molecular weight is 401 g/mol. The normalized spacial score (nSPS) is 32.8. The summed E-state index contributed by atoms with van der Waals surface area (Å²) in [6.45, 7) is 4.23. The molecule has 0 spiro atoms. The minimum atomic E-state index is -0.550. The number of hydroxylamine groups is 2. The molecule has 0 aromatic heterocycles. The first-order chi connectivity index (χ1) is 13.3. The van der Waals surface area contributed by atoms with E-state index in [0.29, 0.717) is 22.9 Å². The molecule has 1 aromatic rings. The predicted molar refractivity (Wildman–Crippen MR) is 102 cm³/mol. The average Bonchev–Trinajstić information content (AvgIpc) is 3.37. The van der Waals surface area contributed by atoms with Gasteiger partial charge in [-0.1, -0.05) is 29.8 Å². The summed E-state index contributed by atoms with van der Waals surface area (Å²) in [7, 11) is 0. The third-order valence-corrected chi connectivity index (χ3v) is 6.82. The number of hydrogen-bond donors (Lipinski definition) is 0. The third-order valence-electron chi connectivity index (χ3n) is 6.47. The van der Waals surface area contributed by atoms with Gasteiger partial charge in [0.2, 0.25) is 11.8 Å². The highest BCUT2D eigenvalue weighted by Crippen LogP contribution is 2.53. The number of carbonyl (C=O) groups excluding carboxylic acids is 3. The Balaban J connectivity index is 1.38. The van der Waals surface area contributed by atoms with Gasteiger partial charge in [-0.05, 0) is 49.8 Å². The first-order valence-corrected chi connectivity index (χ1v) is 9.95. The van der Waals surface area contributed by atoms with E-state index in [1.165, 1.54) is 9.96 Å². The molecule has 6 nitrogen and oxygen atoms in total. The molecular weight excluding hydrogens is 380 g/mol. The number of amides is 3. The summed E-state index contributed by atoms with van der Waals surface area (Å²) in [4.78, 5) is 45.0. The third kappa shape index (κ3) is 2.40. The standard InChI is InChI=1S/C21H21ClN2O4/c1-21(2)10-28-23(20(21)27)9-13-5-6-14(8-15(13)22)24-18(25)16-11-3-4-12(7-11)17(16)19(24)26/h3-6,8,11-12,16-17H,7,9-10H2,1-2H3/t11-,12-,16-,17-/m0/s1. The minimum Gasteiger partial charge on any atom is -0.274 e. The Morgan fingerprint density at radius 1 is 1.11 bits per heavy atom. The lowest BCUT2D eigenvalue weighted by molar-refractivity contribution is -0.165. The maximum absolute atomic E-state index is 12.9. The molecule has 4 atom stereocenters. The summed E-state index contributed by atoms with van der Waals surface area (Å²) in [6.07, 6.45) is 5.05. The van der Waals surface area contributed by atoms with Crippen molar-refractivity contribution in [3.8, 4) is 0 Å². The Morgan fingerprint density at radius 3 is 2.29 bits per heavy atom. The number of rotatable bonds is 3. The first-order valence-electron chi connectivity index (χ1n) is 9.57. The Labute approximate surface area is 168 Å². The number of benzene rings is 1. The molecule has 146 valence electrons. The predicted octanol–water partition coefficient (Wildman–Crippen LogP) is 2.95. The van der Waals surface area contributed by atoms with Crippen LogP contribution < -0.4 is 4.90 Å². The summed E-state index contributed by atoms with van der Waals surface area (Å²) < 4.78 is 0. The van der Waals surface area contributed by atoms with Crippen LogP contribution in [0.2, 0.25) is 5.02 Å². The molecule has 0 N–H and O–H groups in total. The van der Waals surface area contributed by atoms with E-state index in [-0.39, 0.29) is 47.9 Å². The molecule has 2 aliphatic carbocycles. The van der Waals surface area contributed by atoms with Gasteiger partial charge < -0.3 is 0 Å². The quantitative estimate of drug-likeness (QED) is 0.578. The molecule has 0 radical (unpaired) electrons. The summed E-state index contributed by atoms with van der Waals surface area (Å²) in [5.41, 5.74) is 0.649. The van der Waals surface area contributed by atoms with E-state index < -0.39 is 5.41 Å². The molecule has 2 saturated heterocycles. The van der Waals surface area contributed by atoms with Crippen LogP contribution in [0.15, 0.2) is 30.4 Å². The molecule has 5 rings (SSSR count). The summed E-state index contributed by atoms with van der Waals surface area (Å²) in [5.74, 6) is -0.474. The second kappa shape index (κ2) is 5.91. The van der Waals surface area contributed by atoms with Crippen molar-refractivity contribution in [3.05, 3.63) is 40.9 Å². The topological polar surface area (TPSA) is 66.9 Å². The smallest absolute Gasteiger partial charge is 0.254 e. The van der Waals surface area contributed by atoms with Crippen LogP contribution in [0.3, 0.4) is 0 Å². The van der Waals surface area contributed by atoms with E-state index in [0.717, 1.165) is 6.42 Å². The van der Waals surface area contributed by atoms with E-state index in [1.54, 1.807) is 18.2 Å². The van der Waals surface area contributed by atoms with Crippen LogP contribution in [-0.2, 0) is 25.8 Å². The van der Waals surface area contributed by atoms with Crippen molar-refractivity contribution in [1.29, 1.82) is 0 Å². The maximum atomic E-state index is 12.9. The van der Waals surface area contributed by atoms with Gasteiger partial charge in [0, 0.05) is 5.02 Å². The lowest BCUT2D eigenvalue weighted by Gasteiger charge is -2.20. The van der Waals surface area contributed by atoms with Crippen molar-refractivity contribution < 1.29 is 19.2 Å². The van der Waals surface area contributed by atoms with Gasteiger partial charge in [0.05, 0.1) is 36.1 Å². The van der Waals surface area contributed by atoms with Crippen LogP contribution in [0.1, 0.15) is 25.8 Å². The second-order valence-electron chi connectivity index (χ2n) is 8.79. The van der Waals surface area contributed by atoms with Crippen LogP contribution in [0, 0.1) is 29.1 Å². The van der Waals surface area contributed by atoms with E-state index in [4.69, 9.17) is 16.4 Å². The Bertz CT molecular complexity index is 910. The van der Waals surface area contributed by atoms with Gasteiger partial charge in [0.1, 0.15) is 0 Å². The monoisotopic (exact) mass is 400 g/mol. The number of imide groups is 1. The van der Waals surface area contributed by atoms with Gasteiger partial charge in [-0.15, -0.1) is 0 Å². The van der Waals surface area contributed by atoms with E-state index >= 15 is 0 Å². The van der Waals surface area contributed by atoms with Gasteiger partial charge in [-0.2, -0.15) is 0 Å². The van der Waals surface area contributed by atoms with E-state index in [2.05, 4.69) is 12.2 Å². The van der Waals surface area contributed by atoms with Crippen molar-refractivity contribution in [2.75, 3.05) is 11.5 Å². The van der Waals surface area contributed by atoms with Gasteiger partial charge in [0.15, 0.2) is 0 Å². The molecule has 2 aliphatic heterocycles. The number of halogens is 1. The van der Waals surface area contributed by atoms with E-state index in [1.807, 2.05) is 13.8 Å². The van der Waals surface area contributed by atoms with E-state index in [9.17, 15) is 14.4 Å². The van der Waals surface area contributed by atoms with Crippen molar-refractivity contribution in [2.45, 2.75) is 26.8 Å². The molecule has 7 heteroatoms. The fraction of sp³-hybridized carbons (Fsp3) is 0.476. The number of carbonyl (C=O) groups is 3. The lowest BCUT2D eigenvalue weighted by atomic mass is 9.85. The maximum Gasteiger partial charge on any atom is 0.254 e. The fourth-order valence-corrected chi connectivity index (χ4v) is 5.16. The summed E-state index contributed by atoms with van der Waals surface area (Å²) in [6, 6.07) is 5.11. The van der Waals surface area contributed by atoms with Crippen molar-refractivity contribution >= 4 is 35.0 Å². The molecular formula is C21H21ClN2O4. The summed E-state index contributed by atoms with van der Waals surface area (Å²) in [5, 5.41) is 1.72. The fourth-order valence-electron chi connectivity index (χ4n) is 4.93. The molecule has 1 saturated carbocycles. The lowest BCUT2D eigenvalue weighted by Crippen LogP contribution is -2.33. The largest absolute Gasteiger partial charge is 0.274 e. The number of hydrogen-bond acceptors (Lipinski definition) is 4. The number of fused-ring (bicyclic) bond motifs is 5. The zero-order chi connectivity index (χ0) is 19.8. The summed E-state index contributed by atoms with van der Waals surface area (Å²) >= 11 is 6.44. The highest BCUT2D eigenvalue weighted by molar-refractivity contribution is 6.32. The molecule has 2 heterocycles. The van der Waals surface area contributed by atoms with Crippen LogP contribution in [-0.4, -0.2) is 29.4 Å². The molecule has 2 bridgehead atoms. The van der Waals surface area contributed by atoms with Gasteiger partial charge >= 0.3 is 0 Å². The first kappa shape index (κ1) is 17.9. The van der Waals surface area contributed by atoms with Gasteiger partial charge in [-0.3, -0.25) is 19.2 Å². The van der Waals surface area contributed by atoms with Gasteiger partial charge in [0.25, 0.3) is 5.91 Å². The zero-order valence-corrected chi connectivity index (χ0v) is 16.5. The minimum absolute atomic E-state index is 0.0895. The van der Waals surface area contributed by atoms with Crippen LogP contribution in [0.4, 0.5) is 5.69 Å². The zero-order valence-electron chi connectivity index (χ0n) is 15.7. The molecule has 1 aromatic carbocycles.